The second-order valence-electron chi connectivity index (χ2n) is 5.00. The van der Waals surface area contributed by atoms with E-state index in [1.807, 2.05) is 18.2 Å². The third kappa shape index (κ3) is 2.83. The van der Waals surface area contributed by atoms with E-state index < -0.39 is 0 Å². The van der Waals surface area contributed by atoms with Gasteiger partial charge >= 0.3 is 0 Å². The predicted octanol–water partition coefficient (Wildman–Crippen LogP) is 3.32. The van der Waals surface area contributed by atoms with Gasteiger partial charge in [-0.05, 0) is 18.8 Å². The highest BCUT2D eigenvalue weighted by atomic mass is 16.5. The molecule has 0 spiro atoms. The van der Waals surface area contributed by atoms with Crippen molar-refractivity contribution in [3.8, 4) is 0 Å². The number of nitrogens with zero attached hydrogens (tertiary/aromatic N) is 1. The van der Waals surface area contributed by atoms with Gasteiger partial charge < -0.3 is 9.85 Å². The molecule has 0 aliphatic carbocycles. The van der Waals surface area contributed by atoms with Crippen LogP contribution in [0.5, 0.6) is 0 Å². The molecule has 0 radical (unpaired) electrons. The summed E-state index contributed by atoms with van der Waals surface area (Å²) >= 11 is 0. The first kappa shape index (κ1) is 11.6. The number of benzene rings is 1. The lowest BCUT2D eigenvalue weighted by Crippen LogP contribution is -2.47. The maximum Gasteiger partial charge on any atom is 0.104 e. The van der Waals surface area contributed by atoms with E-state index in [9.17, 15) is 5.21 Å². The van der Waals surface area contributed by atoms with E-state index >= 15 is 0 Å². The van der Waals surface area contributed by atoms with Crippen molar-refractivity contribution in [3.63, 3.8) is 0 Å². The Bertz CT molecular complexity index is 315. The van der Waals surface area contributed by atoms with Gasteiger partial charge in [0.25, 0.3) is 0 Å². The van der Waals surface area contributed by atoms with Gasteiger partial charge in [0.05, 0.1) is 13.1 Å². The highest BCUT2D eigenvalue weighted by Crippen LogP contribution is 2.26. The lowest BCUT2D eigenvalue weighted by molar-refractivity contribution is -0.899. The molecule has 0 N–H and O–H groups in total. The Morgan fingerprint density at radius 3 is 2.38 bits per heavy atom. The molecule has 1 aromatic rings. The van der Waals surface area contributed by atoms with Crippen molar-refractivity contribution in [1.82, 2.24) is 0 Å². The maximum atomic E-state index is 12.5. The SMILES string of the molecule is CCC1CC[N+]([O-])(Cc2ccccc2)CC1. The monoisotopic (exact) mass is 219 g/mol. The molecule has 1 heterocycles. The van der Waals surface area contributed by atoms with Crippen molar-refractivity contribution in [3.05, 3.63) is 41.1 Å². The molecule has 1 fully saturated rings. The third-order valence-electron chi connectivity index (χ3n) is 3.78. The first-order valence-electron chi connectivity index (χ1n) is 6.33. The number of piperidine rings is 1. The van der Waals surface area contributed by atoms with Crippen LogP contribution in [-0.4, -0.2) is 17.7 Å². The van der Waals surface area contributed by atoms with Crippen LogP contribution in [-0.2, 0) is 6.54 Å². The largest absolute Gasteiger partial charge is 0.633 e. The normalized spacial score (nSPS) is 30.2. The maximum absolute atomic E-state index is 12.5. The quantitative estimate of drug-likeness (QED) is 0.565. The molecule has 2 heteroatoms. The van der Waals surface area contributed by atoms with Gasteiger partial charge in [-0.3, -0.25) is 0 Å². The van der Waals surface area contributed by atoms with E-state index in [-0.39, 0.29) is 4.65 Å². The number of hydrogen-bond donors (Lipinski definition) is 0. The molecule has 0 amide bonds. The molecule has 2 rings (SSSR count). The molecule has 0 atom stereocenters. The zero-order valence-electron chi connectivity index (χ0n) is 10.1. The van der Waals surface area contributed by atoms with Gasteiger partial charge in [0.2, 0.25) is 0 Å². The fourth-order valence-corrected chi connectivity index (χ4v) is 2.57. The van der Waals surface area contributed by atoms with E-state index in [1.165, 1.54) is 12.0 Å². The third-order valence-corrected chi connectivity index (χ3v) is 3.78. The first-order valence-corrected chi connectivity index (χ1v) is 6.33. The fraction of sp³-hybridized carbons (Fsp3) is 0.571. The van der Waals surface area contributed by atoms with E-state index in [0.29, 0.717) is 6.54 Å². The molecule has 88 valence electrons. The van der Waals surface area contributed by atoms with Crippen LogP contribution in [0.3, 0.4) is 0 Å². The lowest BCUT2D eigenvalue weighted by Gasteiger charge is -2.47. The molecule has 2 nitrogen and oxygen atoms in total. The standard InChI is InChI=1S/C14H21NO/c1-2-13-8-10-15(16,11-9-13)12-14-6-4-3-5-7-14/h3-7,13H,2,8-12H2,1H3. The second kappa shape index (κ2) is 4.98. The van der Waals surface area contributed by atoms with E-state index in [1.54, 1.807) is 0 Å². The summed E-state index contributed by atoms with van der Waals surface area (Å²) < 4.78 is -0.0134. The summed E-state index contributed by atoms with van der Waals surface area (Å²) in [5.41, 5.74) is 1.17. The van der Waals surface area contributed by atoms with Gasteiger partial charge in [0, 0.05) is 5.56 Å². The Kier molecular flexibility index (Phi) is 3.62. The number of quaternary nitrogens is 1. The van der Waals surface area contributed by atoms with Gasteiger partial charge in [0.1, 0.15) is 6.54 Å². The molecule has 0 bridgehead atoms. The van der Waals surface area contributed by atoms with E-state index in [2.05, 4.69) is 19.1 Å². The van der Waals surface area contributed by atoms with Gasteiger partial charge in [0.15, 0.2) is 0 Å². The Labute approximate surface area is 98.1 Å². The summed E-state index contributed by atoms with van der Waals surface area (Å²) in [4.78, 5) is 0. The van der Waals surface area contributed by atoms with Gasteiger partial charge in [-0.25, -0.2) is 0 Å². The average molecular weight is 219 g/mol. The van der Waals surface area contributed by atoms with Crippen molar-refractivity contribution in [2.75, 3.05) is 13.1 Å². The number of hydroxylamine groups is 3. The smallest absolute Gasteiger partial charge is 0.104 e. The van der Waals surface area contributed by atoms with Gasteiger partial charge in [-0.2, -0.15) is 0 Å². The molecule has 1 aliphatic heterocycles. The molecule has 1 saturated heterocycles. The summed E-state index contributed by atoms with van der Waals surface area (Å²) in [7, 11) is 0. The Morgan fingerprint density at radius 2 is 1.81 bits per heavy atom. The molecule has 1 aromatic carbocycles. The zero-order chi connectivity index (χ0) is 11.4. The van der Waals surface area contributed by atoms with Crippen molar-refractivity contribution in [2.45, 2.75) is 32.7 Å². The number of rotatable bonds is 3. The average Bonchev–Trinajstić information content (AvgIpc) is 2.31. The minimum absolute atomic E-state index is 0.0134. The predicted molar refractivity (Wildman–Crippen MR) is 66.5 cm³/mol. The van der Waals surface area contributed by atoms with Gasteiger partial charge in [-0.15, -0.1) is 0 Å². The van der Waals surface area contributed by atoms with Crippen LogP contribution in [0.25, 0.3) is 0 Å². The minimum atomic E-state index is -0.0134. The Hall–Kier alpha value is -0.860. The van der Waals surface area contributed by atoms with E-state index in [0.717, 1.165) is 31.8 Å². The first-order chi connectivity index (χ1) is 7.72. The Balaban J connectivity index is 1.95. The number of hydrogen-bond acceptors (Lipinski definition) is 1. The lowest BCUT2D eigenvalue weighted by atomic mass is 9.94. The summed E-state index contributed by atoms with van der Waals surface area (Å²) in [5, 5.41) is 12.5. The molecular formula is C14H21NO. The van der Waals surface area contributed by atoms with Crippen LogP contribution in [0.1, 0.15) is 31.7 Å². The highest BCUT2D eigenvalue weighted by molar-refractivity contribution is 5.13. The summed E-state index contributed by atoms with van der Waals surface area (Å²) in [6.45, 7) is 4.48. The van der Waals surface area contributed by atoms with Crippen molar-refractivity contribution < 1.29 is 4.65 Å². The van der Waals surface area contributed by atoms with Crippen LogP contribution in [0.4, 0.5) is 0 Å². The van der Waals surface area contributed by atoms with Crippen molar-refractivity contribution in [2.24, 2.45) is 5.92 Å². The fourth-order valence-electron chi connectivity index (χ4n) is 2.57. The summed E-state index contributed by atoms with van der Waals surface area (Å²) in [6, 6.07) is 10.1. The van der Waals surface area contributed by atoms with Crippen molar-refractivity contribution in [1.29, 1.82) is 0 Å². The van der Waals surface area contributed by atoms with Gasteiger partial charge in [-0.1, -0.05) is 43.7 Å². The molecule has 0 unspecified atom stereocenters. The second-order valence-corrected chi connectivity index (χ2v) is 5.00. The van der Waals surface area contributed by atoms with Crippen LogP contribution in [0, 0.1) is 11.1 Å². The van der Waals surface area contributed by atoms with Crippen LogP contribution in [0.15, 0.2) is 30.3 Å². The molecule has 16 heavy (non-hydrogen) atoms. The summed E-state index contributed by atoms with van der Waals surface area (Å²) in [5.74, 6) is 0.788. The molecule has 0 saturated carbocycles. The van der Waals surface area contributed by atoms with Crippen LogP contribution in [0.2, 0.25) is 0 Å². The highest BCUT2D eigenvalue weighted by Gasteiger charge is 2.26. The summed E-state index contributed by atoms with van der Waals surface area (Å²) in [6.07, 6.45) is 3.44. The zero-order valence-corrected chi connectivity index (χ0v) is 10.1. The topological polar surface area (TPSA) is 23.1 Å². The molecule has 1 aliphatic rings. The molecule has 0 aromatic heterocycles. The Morgan fingerprint density at radius 1 is 1.19 bits per heavy atom. The van der Waals surface area contributed by atoms with Crippen LogP contribution >= 0.6 is 0 Å². The molecular weight excluding hydrogens is 198 g/mol. The van der Waals surface area contributed by atoms with Crippen LogP contribution < -0.4 is 0 Å². The van der Waals surface area contributed by atoms with Crippen molar-refractivity contribution >= 4 is 0 Å². The van der Waals surface area contributed by atoms with E-state index in [4.69, 9.17) is 0 Å². The number of likely N-dealkylation sites (tertiary alicyclic amines) is 1. The minimum Gasteiger partial charge on any atom is -0.633 e.